The number of thiophene rings is 1. The predicted molar refractivity (Wildman–Crippen MR) is 93.0 cm³/mol. The number of hydrogen-bond acceptors (Lipinski definition) is 4. The average molecular weight is 383 g/mol. The number of amides is 1. The summed E-state index contributed by atoms with van der Waals surface area (Å²) in [6.07, 6.45) is 1.41. The van der Waals surface area contributed by atoms with Crippen molar-refractivity contribution in [3.8, 4) is 5.75 Å². The zero-order valence-electron chi connectivity index (χ0n) is 13.1. The van der Waals surface area contributed by atoms with E-state index in [0.717, 1.165) is 17.0 Å². The minimum absolute atomic E-state index is 0.228. The lowest BCUT2D eigenvalue weighted by Gasteiger charge is -2.17. The van der Waals surface area contributed by atoms with Crippen LogP contribution in [0.1, 0.15) is 4.88 Å². The molecule has 2 heterocycles. The van der Waals surface area contributed by atoms with Crippen LogP contribution in [0.15, 0.2) is 36.5 Å². The molecule has 0 aliphatic heterocycles. The van der Waals surface area contributed by atoms with E-state index in [9.17, 15) is 13.6 Å². The molecule has 1 amide bonds. The molecule has 4 nitrogen and oxygen atoms in total. The van der Waals surface area contributed by atoms with Crippen molar-refractivity contribution in [2.75, 3.05) is 13.7 Å². The van der Waals surface area contributed by atoms with Crippen molar-refractivity contribution >= 4 is 39.7 Å². The van der Waals surface area contributed by atoms with Gasteiger partial charge in [-0.3, -0.25) is 9.78 Å². The van der Waals surface area contributed by atoms with Gasteiger partial charge in [-0.1, -0.05) is 11.6 Å². The molecule has 0 unspecified atom stereocenters. The van der Waals surface area contributed by atoms with Gasteiger partial charge in [-0.2, -0.15) is 0 Å². The second-order valence-corrected chi connectivity index (χ2v) is 7.14. The third-order valence-corrected chi connectivity index (χ3v) is 4.76. The minimum Gasteiger partial charge on any atom is -0.483 e. The molecule has 0 fully saturated rings. The molecule has 2 aromatic heterocycles. The van der Waals surface area contributed by atoms with E-state index in [1.165, 1.54) is 28.5 Å². The van der Waals surface area contributed by atoms with Gasteiger partial charge in [-0.25, -0.2) is 8.78 Å². The van der Waals surface area contributed by atoms with Crippen molar-refractivity contribution in [2.45, 2.75) is 6.54 Å². The molecular formula is C17H13ClF2N2O2S. The van der Waals surface area contributed by atoms with Gasteiger partial charge in [0.25, 0.3) is 5.91 Å². The van der Waals surface area contributed by atoms with Crippen molar-refractivity contribution in [3.05, 3.63) is 57.4 Å². The van der Waals surface area contributed by atoms with E-state index >= 15 is 0 Å². The van der Waals surface area contributed by atoms with Crippen molar-refractivity contribution < 1.29 is 18.3 Å². The molecule has 0 spiro atoms. The molecule has 25 heavy (non-hydrogen) atoms. The number of ether oxygens (including phenoxy) is 1. The smallest absolute Gasteiger partial charge is 0.260 e. The summed E-state index contributed by atoms with van der Waals surface area (Å²) in [5, 5.41) is 0.307. The molecular weight excluding hydrogens is 370 g/mol. The average Bonchev–Trinajstić information content (AvgIpc) is 2.98. The highest BCUT2D eigenvalue weighted by atomic mass is 35.5. The van der Waals surface area contributed by atoms with Gasteiger partial charge in [0.2, 0.25) is 0 Å². The maximum absolute atomic E-state index is 13.5. The molecule has 0 atom stereocenters. The van der Waals surface area contributed by atoms with E-state index in [-0.39, 0.29) is 23.8 Å². The van der Waals surface area contributed by atoms with E-state index in [1.54, 1.807) is 13.1 Å². The Labute approximate surface area is 151 Å². The molecule has 3 rings (SSSR count). The maximum atomic E-state index is 13.5. The number of carbonyl (C=O) groups excluding carboxylic acids is 1. The highest BCUT2D eigenvalue weighted by molar-refractivity contribution is 7.16. The van der Waals surface area contributed by atoms with Crippen molar-refractivity contribution in [1.82, 2.24) is 9.88 Å². The molecule has 0 aliphatic rings. The van der Waals surface area contributed by atoms with Crippen LogP contribution in [0.5, 0.6) is 5.75 Å². The van der Waals surface area contributed by atoms with Crippen LogP contribution in [0.25, 0.3) is 10.9 Å². The van der Waals surface area contributed by atoms with Gasteiger partial charge in [0, 0.05) is 29.6 Å². The molecule has 0 saturated heterocycles. The lowest BCUT2D eigenvalue weighted by molar-refractivity contribution is -0.132. The summed E-state index contributed by atoms with van der Waals surface area (Å²) < 4.78 is 32.9. The Morgan fingerprint density at radius 2 is 2.04 bits per heavy atom. The molecule has 3 aromatic rings. The SMILES string of the molecule is CN(Cc1ccc(Cl)s1)C(=O)COc1ccnc2cc(F)c(F)cc12. The number of fused-ring (bicyclic) bond motifs is 1. The predicted octanol–water partition coefficient (Wildman–Crippen LogP) is 4.27. The summed E-state index contributed by atoms with van der Waals surface area (Å²) in [6.45, 7) is 0.185. The fourth-order valence-electron chi connectivity index (χ4n) is 2.25. The monoisotopic (exact) mass is 382 g/mol. The zero-order valence-corrected chi connectivity index (χ0v) is 14.7. The van der Waals surface area contributed by atoms with Gasteiger partial charge in [0.1, 0.15) is 5.75 Å². The van der Waals surface area contributed by atoms with Gasteiger partial charge >= 0.3 is 0 Å². The normalized spacial score (nSPS) is 10.9. The molecule has 1 aromatic carbocycles. The molecule has 8 heteroatoms. The lowest BCUT2D eigenvalue weighted by Crippen LogP contribution is -2.30. The highest BCUT2D eigenvalue weighted by Gasteiger charge is 2.14. The van der Waals surface area contributed by atoms with Gasteiger partial charge in [-0.15, -0.1) is 11.3 Å². The van der Waals surface area contributed by atoms with Crippen LogP contribution < -0.4 is 4.74 Å². The quantitative estimate of drug-likeness (QED) is 0.662. The van der Waals surface area contributed by atoms with E-state index in [0.29, 0.717) is 16.3 Å². The molecule has 0 aliphatic carbocycles. The number of halogens is 3. The van der Waals surface area contributed by atoms with Gasteiger partial charge < -0.3 is 9.64 Å². The lowest BCUT2D eigenvalue weighted by atomic mass is 10.2. The van der Waals surface area contributed by atoms with Crippen LogP contribution in [-0.4, -0.2) is 29.4 Å². The zero-order chi connectivity index (χ0) is 18.0. The second-order valence-electron chi connectivity index (χ2n) is 5.34. The third kappa shape index (κ3) is 4.05. The molecule has 0 radical (unpaired) electrons. The summed E-state index contributed by atoms with van der Waals surface area (Å²) in [6, 6.07) is 7.13. The van der Waals surface area contributed by atoms with Crippen LogP contribution >= 0.6 is 22.9 Å². The summed E-state index contributed by atoms with van der Waals surface area (Å²) in [5.74, 6) is -1.96. The summed E-state index contributed by atoms with van der Waals surface area (Å²) in [4.78, 5) is 18.6. The molecule has 0 saturated carbocycles. The molecule has 0 bridgehead atoms. The van der Waals surface area contributed by atoms with Gasteiger partial charge in [0.05, 0.1) is 16.4 Å². The number of hydrogen-bond donors (Lipinski definition) is 0. The van der Waals surface area contributed by atoms with Crippen molar-refractivity contribution in [2.24, 2.45) is 0 Å². The number of benzene rings is 1. The number of pyridine rings is 1. The van der Waals surface area contributed by atoms with E-state index in [4.69, 9.17) is 16.3 Å². The fraction of sp³-hybridized carbons (Fsp3) is 0.176. The summed E-state index contributed by atoms with van der Waals surface area (Å²) in [7, 11) is 1.65. The number of likely N-dealkylation sites (N-methyl/N-ethyl adjacent to an activating group) is 1. The Balaban J connectivity index is 1.69. The van der Waals surface area contributed by atoms with E-state index in [2.05, 4.69) is 4.98 Å². The Morgan fingerprint density at radius 3 is 2.76 bits per heavy atom. The highest BCUT2D eigenvalue weighted by Crippen LogP contribution is 2.26. The van der Waals surface area contributed by atoms with Crippen molar-refractivity contribution in [1.29, 1.82) is 0 Å². The number of aromatic nitrogens is 1. The first kappa shape index (κ1) is 17.6. The van der Waals surface area contributed by atoms with Gasteiger partial charge in [0.15, 0.2) is 18.2 Å². The van der Waals surface area contributed by atoms with Crippen molar-refractivity contribution in [3.63, 3.8) is 0 Å². The van der Waals surface area contributed by atoms with E-state index < -0.39 is 11.6 Å². The Hall–Kier alpha value is -2.25. The second kappa shape index (κ2) is 7.33. The summed E-state index contributed by atoms with van der Waals surface area (Å²) >= 11 is 7.27. The van der Waals surface area contributed by atoms with Crippen LogP contribution in [0.4, 0.5) is 8.78 Å². The Morgan fingerprint density at radius 1 is 1.28 bits per heavy atom. The van der Waals surface area contributed by atoms with E-state index in [1.807, 2.05) is 6.07 Å². The standard InChI is InChI=1S/C17H13ClF2N2O2S/c1-22(8-10-2-3-16(18)25-10)17(23)9-24-15-4-5-21-14-7-13(20)12(19)6-11(14)15/h2-7H,8-9H2,1H3. The summed E-state index contributed by atoms with van der Waals surface area (Å²) in [5.41, 5.74) is 0.255. The first-order chi connectivity index (χ1) is 11.9. The maximum Gasteiger partial charge on any atom is 0.260 e. The first-order valence-corrected chi connectivity index (χ1v) is 8.48. The third-order valence-electron chi connectivity index (χ3n) is 3.54. The van der Waals surface area contributed by atoms with Crippen LogP contribution in [0.3, 0.4) is 0 Å². The fourth-order valence-corrected chi connectivity index (χ4v) is 3.39. The van der Waals surface area contributed by atoms with Gasteiger partial charge in [-0.05, 0) is 24.3 Å². The Bertz CT molecular complexity index is 932. The molecule has 0 N–H and O–H groups in total. The first-order valence-electron chi connectivity index (χ1n) is 7.29. The topological polar surface area (TPSA) is 42.4 Å². The minimum atomic E-state index is -0.997. The largest absolute Gasteiger partial charge is 0.483 e. The Kier molecular flexibility index (Phi) is 5.15. The van der Waals surface area contributed by atoms with Crippen LogP contribution in [-0.2, 0) is 11.3 Å². The number of rotatable bonds is 5. The molecule has 130 valence electrons. The number of nitrogens with zero attached hydrogens (tertiary/aromatic N) is 2. The van der Waals surface area contributed by atoms with Crippen LogP contribution in [0, 0.1) is 11.6 Å². The van der Waals surface area contributed by atoms with Crippen LogP contribution in [0.2, 0.25) is 4.34 Å². The number of carbonyl (C=O) groups is 1.